The Morgan fingerprint density at radius 3 is 1.08 bits per heavy atom. The number of aromatic hydroxyl groups is 2. The van der Waals surface area contributed by atoms with Crippen LogP contribution in [0, 0.1) is 0 Å². The highest BCUT2D eigenvalue weighted by Crippen LogP contribution is 2.38. The standard InChI is InChI=1S/C32H34N2O4/c1-33-19-21-37-29-15-7-25(8-16-29)31(23-3-11-27(35)12-4-23)32(24-5-13-28(36)14-6-24)26-9-17-30(18-10-26)38-22-20-34-2/h3-18,33-36H,19-22H2,1-2H3/b32-31-. The molecule has 6 nitrogen and oxygen atoms in total. The summed E-state index contributed by atoms with van der Waals surface area (Å²) in [4.78, 5) is 0. The second-order valence-electron chi connectivity index (χ2n) is 8.80. The molecule has 0 aliphatic rings. The van der Waals surface area contributed by atoms with Crippen LogP contribution in [0.15, 0.2) is 97.1 Å². The van der Waals surface area contributed by atoms with E-state index in [1.54, 1.807) is 24.3 Å². The van der Waals surface area contributed by atoms with Crippen molar-refractivity contribution in [3.63, 3.8) is 0 Å². The summed E-state index contributed by atoms with van der Waals surface area (Å²) in [5.41, 5.74) is 5.86. The van der Waals surface area contributed by atoms with E-state index in [2.05, 4.69) is 10.6 Å². The van der Waals surface area contributed by atoms with Crippen LogP contribution >= 0.6 is 0 Å². The van der Waals surface area contributed by atoms with Crippen molar-refractivity contribution in [2.75, 3.05) is 40.4 Å². The quantitative estimate of drug-likeness (QED) is 0.153. The Kier molecular flexibility index (Phi) is 9.40. The normalized spacial score (nSPS) is 11.6. The molecule has 0 fully saturated rings. The summed E-state index contributed by atoms with van der Waals surface area (Å²) in [5.74, 6) is 2.00. The number of nitrogens with one attached hydrogen (secondary N) is 2. The number of likely N-dealkylation sites (N-methyl/N-ethyl adjacent to an activating group) is 2. The number of hydrogen-bond acceptors (Lipinski definition) is 6. The molecule has 0 radical (unpaired) electrons. The lowest BCUT2D eigenvalue weighted by molar-refractivity contribution is 0.318. The van der Waals surface area contributed by atoms with Crippen LogP contribution in [0.3, 0.4) is 0 Å². The number of hydrogen-bond donors (Lipinski definition) is 4. The van der Waals surface area contributed by atoms with Gasteiger partial charge in [0.15, 0.2) is 0 Å². The smallest absolute Gasteiger partial charge is 0.119 e. The first kappa shape index (κ1) is 26.8. The highest BCUT2D eigenvalue weighted by atomic mass is 16.5. The highest BCUT2D eigenvalue weighted by molar-refractivity contribution is 6.04. The minimum absolute atomic E-state index is 0.204. The molecule has 4 aromatic rings. The van der Waals surface area contributed by atoms with Crippen LogP contribution in [0.5, 0.6) is 23.0 Å². The lowest BCUT2D eigenvalue weighted by Crippen LogP contribution is -2.15. The predicted octanol–water partition coefficient (Wildman–Crippen LogP) is 5.30. The molecule has 0 aliphatic carbocycles. The van der Waals surface area contributed by atoms with Gasteiger partial charge in [-0.25, -0.2) is 0 Å². The molecule has 4 N–H and O–H groups in total. The third-order valence-electron chi connectivity index (χ3n) is 6.09. The first-order valence-electron chi connectivity index (χ1n) is 12.7. The molecule has 38 heavy (non-hydrogen) atoms. The molecular weight excluding hydrogens is 476 g/mol. The van der Waals surface area contributed by atoms with E-state index in [0.29, 0.717) is 13.2 Å². The molecule has 0 saturated carbocycles. The van der Waals surface area contributed by atoms with Gasteiger partial charge in [0.25, 0.3) is 0 Å². The van der Waals surface area contributed by atoms with Crippen LogP contribution in [0.4, 0.5) is 0 Å². The minimum Gasteiger partial charge on any atom is -0.508 e. The van der Waals surface area contributed by atoms with E-state index in [4.69, 9.17) is 9.47 Å². The van der Waals surface area contributed by atoms with Crippen LogP contribution in [-0.4, -0.2) is 50.6 Å². The summed E-state index contributed by atoms with van der Waals surface area (Å²) < 4.78 is 11.7. The number of benzene rings is 4. The van der Waals surface area contributed by atoms with E-state index in [-0.39, 0.29) is 11.5 Å². The fraction of sp³-hybridized carbons (Fsp3) is 0.188. The maximum atomic E-state index is 9.99. The molecule has 4 aromatic carbocycles. The highest BCUT2D eigenvalue weighted by Gasteiger charge is 2.17. The molecule has 6 heteroatoms. The second-order valence-corrected chi connectivity index (χ2v) is 8.80. The number of phenolic OH excluding ortho intramolecular Hbond substituents is 2. The monoisotopic (exact) mass is 510 g/mol. The van der Waals surface area contributed by atoms with Crippen molar-refractivity contribution in [1.82, 2.24) is 10.6 Å². The van der Waals surface area contributed by atoms with Gasteiger partial charge in [0.2, 0.25) is 0 Å². The molecule has 0 atom stereocenters. The fourth-order valence-electron chi connectivity index (χ4n) is 4.14. The Balaban J connectivity index is 1.86. The van der Waals surface area contributed by atoms with Crippen molar-refractivity contribution in [3.8, 4) is 23.0 Å². The summed E-state index contributed by atoms with van der Waals surface area (Å²) in [7, 11) is 3.79. The SMILES string of the molecule is CNCCOc1ccc(/C(=C(/c2ccc(O)cc2)c2ccc(OCCNC)cc2)c2ccc(O)cc2)cc1. The van der Waals surface area contributed by atoms with Gasteiger partial charge in [0, 0.05) is 13.1 Å². The van der Waals surface area contributed by atoms with Crippen LogP contribution in [0.1, 0.15) is 22.3 Å². The van der Waals surface area contributed by atoms with Gasteiger partial charge in [0.05, 0.1) is 0 Å². The molecule has 196 valence electrons. The van der Waals surface area contributed by atoms with Gasteiger partial charge in [-0.1, -0.05) is 48.5 Å². The van der Waals surface area contributed by atoms with Gasteiger partial charge in [-0.3, -0.25) is 0 Å². The second kappa shape index (κ2) is 13.3. The Morgan fingerprint density at radius 1 is 0.500 bits per heavy atom. The fourth-order valence-corrected chi connectivity index (χ4v) is 4.14. The lowest BCUT2D eigenvalue weighted by Gasteiger charge is -2.19. The van der Waals surface area contributed by atoms with E-state index < -0.39 is 0 Å². The summed E-state index contributed by atoms with van der Waals surface area (Å²) in [6.07, 6.45) is 0. The molecule has 0 amide bonds. The topological polar surface area (TPSA) is 83.0 Å². The third-order valence-corrected chi connectivity index (χ3v) is 6.09. The maximum absolute atomic E-state index is 9.99. The maximum Gasteiger partial charge on any atom is 0.119 e. The third kappa shape index (κ3) is 6.94. The molecule has 0 aliphatic heterocycles. The van der Waals surface area contributed by atoms with Crippen molar-refractivity contribution < 1.29 is 19.7 Å². The van der Waals surface area contributed by atoms with Crippen LogP contribution in [0.2, 0.25) is 0 Å². The van der Waals surface area contributed by atoms with Crippen molar-refractivity contribution >= 4 is 11.1 Å². The lowest BCUT2D eigenvalue weighted by atomic mass is 9.85. The average Bonchev–Trinajstić information content (AvgIpc) is 2.94. The van der Waals surface area contributed by atoms with Crippen molar-refractivity contribution in [1.29, 1.82) is 0 Å². The largest absolute Gasteiger partial charge is 0.508 e. The van der Waals surface area contributed by atoms with E-state index in [1.165, 1.54) is 0 Å². The predicted molar refractivity (Wildman–Crippen MR) is 153 cm³/mol. The molecule has 0 bridgehead atoms. The summed E-state index contributed by atoms with van der Waals surface area (Å²) in [5, 5.41) is 26.1. The van der Waals surface area contributed by atoms with Crippen molar-refractivity contribution in [2.45, 2.75) is 0 Å². The summed E-state index contributed by atoms with van der Waals surface area (Å²) >= 11 is 0. The number of rotatable bonds is 12. The molecule has 0 unspecified atom stereocenters. The van der Waals surface area contributed by atoms with Crippen molar-refractivity contribution in [3.05, 3.63) is 119 Å². The zero-order valence-corrected chi connectivity index (χ0v) is 21.8. The minimum atomic E-state index is 0.204. The van der Waals surface area contributed by atoms with Crippen molar-refractivity contribution in [2.24, 2.45) is 0 Å². The Bertz CT molecular complexity index is 1210. The van der Waals surface area contributed by atoms with Gasteiger partial charge in [-0.15, -0.1) is 0 Å². The van der Waals surface area contributed by atoms with E-state index in [1.807, 2.05) is 86.9 Å². The Labute approximate surface area is 224 Å². The van der Waals surface area contributed by atoms with Crippen LogP contribution < -0.4 is 20.1 Å². The van der Waals surface area contributed by atoms with Crippen LogP contribution in [0.25, 0.3) is 11.1 Å². The summed E-state index contributed by atoms with van der Waals surface area (Å²) in [6, 6.07) is 30.5. The molecule has 4 rings (SSSR count). The number of ether oxygens (including phenoxy) is 2. The van der Waals surface area contributed by atoms with E-state index in [0.717, 1.165) is 58.0 Å². The first-order chi connectivity index (χ1) is 18.6. The molecular formula is C32H34N2O4. The average molecular weight is 511 g/mol. The van der Waals surface area contributed by atoms with Gasteiger partial charge in [0.1, 0.15) is 36.2 Å². The number of phenols is 2. The molecule has 0 heterocycles. The van der Waals surface area contributed by atoms with Gasteiger partial charge >= 0.3 is 0 Å². The Hall–Kier alpha value is -4.26. The van der Waals surface area contributed by atoms with E-state index in [9.17, 15) is 10.2 Å². The zero-order chi connectivity index (χ0) is 26.7. The van der Waals surface area contributed by atoms with Gasteiger partial charge in [-0.2, -0.15) is 0 Å². The first-order valence-corrected chi connectivity index (χ1v) is 12.7. The molecule has 0 saturated heterocycles. The van der Waals surface area contributed by atoms with Gasteiger partial charge < -0.3 is 30.3 Å². The summed E-state index contributed by atoms with van der Waals surface area (Å²) in [6.45, 7) is 2.69. The molecule has 0 aromatic heterocycles. The van der Waals surface area contributed by atoms with Crippen LogP contribution in [-0.2, 0) is 0 Å². The van der Waals surface area contributed by atoms with E-state index >= 15 is 0 Å². The zero-order valence-electron chi connectivity index (χ0n) is 21.8. The van der Waals surface area contributed by atoms with Gasteiger partial charge in [-0.05, 0) is 96.0 Å². The molecule has 0 spiro atoms. The Morgan fingerprint density at radius 2 is 0.789 bits per heavy atom.